The van der Waals surface area contributed by atoms with Gasteiger partial charge < -0.3 is 19.5 Å². The molecule has 1 aromatic heterocycles. The Kier molecular flexibility index (Phi) is 6.26. The van der Waals surface area contributed by atoms with Gasteiger partial charge in [-0.25, -0.2) is 4.39 Å². The molecule has 2 aromatic carbocycles. The number of ether oxygens (including phenoxy) is 1. The Morgan fingerprint density at radius 2 is 1.86 bits per heavy atom. The van der Waals surface area contributed by atoms with Crippen LogP contribution in [0.1, 0.15) is 61.5 Å². The van der Waals surface area contributed by atoms with E-state index in [1.807, 2.05) is 28.8 Å². The van der Waals surface area contributed by atoms with Crippen LogP contribution >= 0.6 is 0 Å². The molecule has 1 N–H and O–H groups in total. The van der Waals surface area contributed by atoms with Gasteiger partial charge in [-0.2, -0.15) is 0 Å². The first kappa shape index (κ1) is 23.4. The summed E-state index contributed by atoms with van der Waals surface area (Å²) < 4.78 is 21.9. The number of carbonyl (C=O) groups is 2. The van der Waals surface area contributed by atoms with Crippen LogP contribution in [0.3, 0.4) is 0 Å². The van der Waals surface area contributed by atoms with Crippen molar-refractivity contribution in [2.45, 2.75) is 70.1 Å². The third kappa shape index (κ3) is 4.28. The van der Waals surface area contributed by atoms with Crippen molar-refractivity contribution >= 4 is 22.7 Å². The fourth-order valence-electron chi connectivity index (χ4n) is 5.47. The number of aromatic nitrogens is 1. The summed E-state index contributed by atoms with van der Waals surface area (Å²) in [5, 5.41) is 4.15. The van der Waals surface area contributed by atoms with Gasteiger partial charge in [-0.15, -0.1) is 0 Å². The summed E-state index contributed by atoms with van der Waals surface area (Å²) in [6.07, 6.45) is 6.43. The first-order valence-electron chi connectivity index (χ1n) is 12.4. The summed E-state index contributed by atoms with van der Waals surface area (Å²) in [7, 11) is 1.60. The maximum Gasteiger partial charge on any atom is 0.271 e. The highest BCUT2D eigenvalue weighted by Crippen LogP contribution is 2.35. The van der Waals surface area contributed by atoms with Gasteiger partial charge in [-0.05, 0) is 44.0 Å². The minimum atomic E-state index is -1.19. The highest BCUT2D eigenvalue weighted by Gasteiger charge is 2.48. The molecule has 2 aliphatic rings. The largest absolute Gasteiger partial charge is 0.497 e. The Morgan fingerprint density at radius 1 is 1.11 bits per heavy atom. The van der Waals surface area contributed by atoms with E-state index in [9.17, 15) is 14.0 Å². The molecule has 0 radical (unpaired) electrons. The molecule has 1 fully saturated rings. The third-order valence-corrected chi connectivity index (χ3v) is 7.60. The van der Waals surface area contributed by atoms with Crippen molar-refractivity contribution in [3.05, 3.63) is 65.6 Å². The van der Waals surface area contributed by atoms with E-state index in [1.54, 1.807) is 37.1 Å². The lowest BCUT2D eigenvalue weighted by atomic mass is 9.93. The number of fused-ring (bicyclic) bond motifs is 3. The molecule has 2 heterocycles. The summed E-state index contributed by atoms with van der Waals surface area (Å²) in [6, 6.07) is 14.0. The first-order valence-corrected chi connectivity index (χ1v) is 12.4. The minimum Gasteiger partial charge on any atom is -0.497 e. The van der Waals surface area contributed by atoms with Crippen LogP contribution in [0.5, 0.6) is 5.75 Å². The monoisotopic (exact) mass is 477 g/mol. The van der Waals surface area contributed by atoms with Crippen molar-refractivity contribution < 1.29 is 18.7 Å². The lowest BCUT2D eigenvalue weighted by Gasteiger charge is -2.44. The Bertz CT molecular complexity index is 1260. The second-order valence-corrected chi connectivity index (χ2v) is 9.96. The number of halogens is 1. The van der Waals surface area contributed by atoms with E-state index in [4.69, 9.17) is 4.74 Å². The topological polar surface area (TPSA) is 63.6 Å². The van der Waals surface area contributed by atoms with Gasteiger partial charge in [0.15, 0.2) is 0 Å². The molecule has 3 aromatic rings. The summed E-state index contributed by atoms with van der Waals surface area (Å²) in [5.41, 5.74) is 0.532. The Hall–Kier alpha value is -3.35. The molecule has 0 unspecified atom stereocenters. The summed E-state index contributed by atoms with van der Waals surface area (Å²) in [6.45, 7) is 2.09. The minimum absolute atomic E-state index is 0.0188. The SMILES string of the molecule is COc1ccc2cc3n(c2c1)C[C@@](C)(C(=O)NC1CCCCCC1)N(Cc1ccccc1F)C3=O. The van der Waals surface area contributed by atoms with Gasteiger partial charge in [0, 0.05) is 23.1 Å². The highest BCUT2D eigenvalue weighted by molar-refractivity contribution is 6.03. The lowest BCUT2D eigenvalue weighted by Crippen LogP contribution is -2.64. The van der Waals surface area contributed by atoms with Crippen LogP contribution in [0.2, 0.25) is 0 Å². The fraction of sp³-hybridized carbons (Fsp3) is 0.429. The summed E-state index contributed by atoms with van der Waals surface area (Å²) in [4.78, 5) is 29.3. The zero-order valence-electron chi connectivity index (χ0n) is 20.4. The number of hydrogen-bond acceptors (Lipinski definition) is 3. The molecule has 0 spiro atoms. The van der Waals surface area contributed by atoms with Crippen LogP contribution in [0.15, 0.2) is 48.5 Å². The van der Waals surface area contributed by atoms with E-state index in [1.165, 1.54) is 18.9 Å². The fourth-order valence-corrected chi connectivity index (χ4v) is 5.47. The average molecular weight is 478 g/mol. The van der Waals surface area contributed by atoms with E-state index in [-0.39, 0.29) is 36.8 Å². The first-order chi connectivity index (χ1) is 16.9. The maximum atomic E-state index is 14.6. The van der Waals surface area contributed by atoms with Gasteiger partial charge in [-0.1, -0.05) is 43.9 Å². The number of benzene rings is 2. The number of amides is 2. The molecular formula is C28H32FN3O3. The van der Waals surface area contributed by atoms with Crippen LogP contribution in [-0.2, 0) is 17.9 Å². The summed E-state index contributed by atoms with van der Waals surface area (Å²) in [5.74, 6) is -0.176. The molecule has 184 valence electrons. The van der Waals surface area contributed by atoms with E-state index in [2.05, 4.69) is 5.32 Å². The number of hydrogen-bond donors (Lipinski definition) is 1. The molecule has 5 rings (SSSR count). The quantitative estimate of drug-likeness (QED) is 0.524. The molecule has 0 bridgehead atoms. The second-order valence-electron chi connectivity index (χ2n) is 9.96. The number of nitrogens with zero attached hydrogens (tertiary/aromatic N) is 2. The molecule has 1 aliphatic heterocycles. The Morgan fingerprint density at radius 3 is 2.57 bits per heavy atom. The van der Waals surface area contributed by atoms with Crippen LogP contribution in [0.25, 0.3) is 10.9 Å². The standard InChI is InChI=1S/C28H32FN3O3/c1-28(27(34)30-21-10-5-3-4-6-11-21)18-31-24-16-22(35-2)14-13-19(24)15-25(31)26(33)32(28)17-20-9-7-8-12-23(20)29/h7-9,12-16,21H,3-6,10-11,17-18H2,1-2H3,(H,30,34)/t28-/m0/s1. The van der Waals surface area contributed by atoms with Gasteiger partial charge in [0.1, 0.15) is 22.8 Å². The molecule has 1 atom stereocenters. The molecule has 2 amide bonds. The molecule has 1 aliphatic carbocycles. The van der Waals surface area contributed by atoms with Crippen molar-refractivity contribution in [2.24, 2.45) is 0 Å². The molecule has 7 heteroatoms. The predicted molar refractivity (Wildman–Crippen MR) is 133 cm³/mol. The predicted octanol–water partition coefficient (Wildman–Crippen LogP) is 5.04. The van der Waals surface area contributed by atoms with Crippen molar-refractivity contribution in [2.75, 3.05) is 7.11 Å². The smallest absolute Gasteiger partial charge is 0.271 e. The van der Waals surface area contributed by atoms with Crippen molar-refractivity contribution in [1.29, 1.82) is 0 Å². The van der Waals surface area contributed by atoms with Crippen LogP contribution < -0.4 is 10.1 Å². The number of methoxy groups -OCH3 is 1. The second kappa shape index (κ2) is 9.36. The van der Waals surface area contributed by atoms with E-state index in [0.29, 0.717) is 17.0 Å². The third-order valence-electron chi connectivity index (χ3n) is 7.60. The van der Waals surface area contributed by atoms with Crippen LogP contribution in [-0.4, -0.2) is 40.0 Å². The normalized spacial score (nSPS) is 21.0. The van der Waals surface area contributed by atoms with Crippen molar-refractivity contribution in [3.63, 3.8) is 0 Å². The van der Waals surface area contributed by atoms with Gasteiger partial charge in [0.05, 0.1) is 25.7 Å². The summed E-state index contributed by atoms with van der Waals surface area (Å²) >= 11 is 0. The number of nitrogens with one attached hydrogen (secondary N) is 1. The molecule has 1 saturated carbocycles. The van der Waals surface area contributed by atoms with Crippen LogP contribution in [0, 0.1) is 5.82 Å². The molecule has 6 nitrogen and oxygen atoms in total. The van der Waals surface area contributed by atoms with Gasteiger partial charge >= 0.3 is 0 Å². The number of carbonyl (C=O) groups excluding carboxylic acids is 2. The molecule has 0 saturated heterocycles. The number of rotatable bonds is 5. The van der Waals surface area contributed by atoms with Gasteiger partial charge in [-0.3, -0.25) is 9.59 Å². The maximum absolute atomic E-state index is 14.6. The average Bonchev–Trinajstić information content (AvgIpc) is 3.01. The Balaban J connectivity index is 1.56. The van der Waals surface area contributed by atoms with E-state index < -0.39 is 5.54 Å². The molecule has 35 heavy (non-hydrogen) atoms. The van der Waals surface area contributed by atoms with Gasteiger partial charge in [0.2, 0.25) is 5.91 Å². The molecular weight excluding hydrogens is 445 g/mol. The Labute approximate surface area is 205 Å². The van der Waals surface area contributed by atoms with E-state index >= 15 is 0 Å². The van der Waals surface area contributed by atoms with Crippen molar-refractivity contribution in [3.8, 4) is 5.75 Å². The highest BCUT2D eigenvalue weighted by atomic mass is 19.1. The zero-order valence-corrected chi connectivity index (χ0v) is 20.4. The zero-order chi connectivity index (χ0) is 24.6. The van der Waals surface area contributed by atoms with Crippen molar-refractivity contribution in [1.82, 2.24) is 14.8 Å². The van der Waals surface area contributed by atoms with Crippen LogP contribution in [0.4, 0.5) is 4.39 Å². The lowest BCUT2D eigenvalue weighted by molar-refractivity contribution is -0.134. The van der Waals surface area contributed by atoms with Gasteiger partial charge in [0.25, 0.3) is 5.91 Å². The van der Waals surface area contributed by atoms with E-state index in [0.717, 1.165) is 36.6 Å².